The third-order valence-corrected chi connectivity index (χ3v) is 4.45. The zero-order chi connectivity index (χ0) is 21.2. The van der Waals surface area contributed by atoms with E-state index in [1.807, 2.05) is 44.2 Å². The van der Waals surface area contributed by atoms with Crippen LogP contribution < -0.4 is 16.0 Å². The first-order chi connectivity index (χ1) is 13.9. The van der Waals surface area contributed by atoms with Crippen LogP contribution in [0.5, 0.6) is 0 Å². The summed E-state index contributed by atoms with van der Waals surface area (Å²) in [6.07, 6.45) is 0.804. The number of hydrogen-bond acceptors (Lipinski definition) is 3. The second-order valence-electron chi connectivity index (χ2n) is 6.81. The van der Waals surface area contributed by atoms with E-state index in [9.17, 15) is 14.4 Å². The monoisotopic (exact) mass is 397 g/mol. The second-order valence-corrected chi connectivity index (χ2v) is 6.81. The molecule has 0 heterocycles. The molecule has 4 N–H and O–H groups in total. The number of aliphatic carboxylic acids is 1. The van der Waals surface area contributed by atoms with Gasteiger partial charge in [-0.2, -0.15) is 0 Å². The van der Waals surface area contributed by atoms with E-state index in [1.165, 1.54) is 0 Å². The van der Waals surface area contributed by atoms with Crippen LogP contribution in [0.1, 0.15) is 41.3 Å². The molecule has 3 amide bonds. The average Bonchev–Trinajstić information content (AvgIpc) is 2.68. The van der Waals surface area contributed by atoms with Crippen molar-refractivity contribution in [3.05, 3.63) is 65.2 Å². The highest BCUT2D eigenvalue weighted by Gasteiger charge is 2.16. The summed E-state index contributed by atoms with van der Waals surface area (Å²) in [6, 6.07) is 13.9. The van der Waals surface area contributed by atoms with Gasteiger partial charge in [0.2, 0.25) is 0 Å². The molecule has 7 nitrogen and oxygen atoms in total. The maximum atomic E-state index is 12.5. The molecule has 2 rings (SSSR count). The van der Waals surface area contributed by atoms with Gasteiger partial charge in [0.1, 0.15) is 0 Å². The Morgan fingerprint density at radius 2 is 1.79 bits per heavy atom. The number of urea groups is 1. The Bertz CT molecular complexity index is 852. The molecule has 0 radical (unpaired) electrons. The molecule has 0 saturated carbocycles. The molecule has 2 aromatic rings. The van der Waals surface area contributed by atoms with Gasteiger partial charge in [-0.05, 0) is 49.9 Å². The lowest BCUT2D eigenvalue weighted by molar-refractivity contribution is -0.137. The van der Waals surface area contributed by atoms with E-state index < -0.39 is 12.0 Å². The van der Waals surface area contributed by atoms with Crippen molar-refractivity contribution in [3.63, 3.8) is 0 Å². The molecule has 7 heteroatoms. The summed E-state index contributed by atoms with van der Waals surface area (Å²) < 4.78 is 0. The number of benzene rings is 2. The summed E-state index contributed by atoms with van der Waals surface area (Å²) in [5.41, 5.74) is 2.82. The number of carboxylic acids is 1. The van der Waals surface area contributed by atoms with Crippen LogP contribution >= 0.6 is 0 Å². The molecule has 0 aliphatic carbocycles. The van der Waals surface area contributed by atoms with Gasteiger partial charge in [0.15, 0.2) is 0 Å². The summed E-state index contributed by atoms with van der Waals surface area (Å²) in [6.45, 7) is 4.19. The van der Waals surface area contributed by atoms with Crippen LogP contribution in [0.4, 0.5) is 10.5 Å². The third kappa shape index (κ3) is 7.29. The normalized spacial score (nSPS) is 11.4. The van der Waals surface area contributed by atoms with Gasteiger partial charge >= 0.3 is 12.0 Å². The van der Waals surface area contributed by atoms with Crippen molar-refractivity contribution in [1.29, 1.82) is 0 Å². The zero-order valence-electron chi connectivity index (χ0n) is 16.7. The maximum Gasteiger partial charge on any atom is 0.319 e. The molecular formula is C22H27N3O4. The lowest BCUT2D eigenvalue weighted by Crippen LogP contribution is -2.39. The van der Waals surface area contributed by atoms with Crippen molar-refractivity contribution in [3.8, 4) is 0 Å². The Morgan fingerprint density at radius 3 is 2.45 bits per heavy atom. The average molecular weight is 397 g/mol. The van der Waals surface area contributed by atoms with Gasteiger partial charge in [0.05, 0.1) is 0 Å². The molecule has 2 aromatic carbocycles. The number of rotatable bonds is 9. The van der Waals surface area contributed by atoms with Crippen molar-refractivity contribution in [2.75, 3.05) is 11.9 Å². The number of carbonyl (C=O) groups is 3. The summed E-state index contributed by atoms with van der Waals surface area (Å²) in [5.74, 6) is -1.12. The molecular weight excluding hydrogens is 370 g/mol. The summed E-state index contributed by atoms with van der Waals surface area (Å²) in [7, 11) is 0. The van der Waals surface area contributed by atoms with Crippen LogP contribution in [-0.2, 0) is 11.2 Å². The minimum Gasteiger partial charge on any atom is -0.481 e. The van der Waals surface area contributed by atoms with Gasteiger partial charge < -0.3 is 21.1 Å². The van der Waals surface area contributed by atoms with Crippen molar-refractivity contribution < 1.29 is 19.5 Å². The smallest absolute Gasteiger partial charge is 0.319 e. The molecule has 1 unspecified atom stereocenters. The number of carboxylic acid groups (broad SMARTS) is 1. The fraction of sp³-hybridized carbons (Fsp3) is 0.318. The lowest BCUT2D eigenvalue weighted by atomic mass is 10.0. The van der Waals surface area contributed by atoms with Crippen molar-refractivity contribution >= 4 is 23.6 Å². The SMILES string of the molecule is CCNC(=O)c1ccc(C)c(NC(=O)NC(CCC(=O)O)Cc2ccccc2)c1. The van der Waals surface area contributed by atoms with Gasteiger partial charge in [-0.15, -0.1) is 0 Å². The molecule has 0 aliphatic rings. The second kappa shape index (κ2) is 10.8. The first-order valence-corrected chi connectivity index (χ1v) is 9.61. The minimum atomic E-state index is -0.907. The number of anilines is 1. The van der Waals surface area contributed by atoms with E-state index in [4.69, 9.17) is 5.11 Å². The van der Waals surface area contributed by atoms with Crippen LogP contribution in [0.2, 0.25) is 0 Å². The predicted molar refractivity (Wildman–Crippen MR) is 112 cm³/mol. The third-order valence-electron chi connectivity index (χ3n) is 4.45. The fourth-order valence-electron chi connectivity index (χ4n) is 2.93. The molecule has 1 atom stereocenters. The first kappa shape index (κ1) is 21.9. The maximum absolute atomic E-state index is 12.5. The number of amides is 3. The van der Waals surface area contributed by atoms with Gasteiger partial charge in [0, 0.05) is 30.3 Å². The summed E-state index contributed by atoms with van der Waals surface area (Å²) in [4.78, 5) is 35.5. The first-order valence-electron chi connectivity index (χ1n) is 9.61. The topological polar surface area (TPSA) is 108 Å². The molecule has 0 aromatic heterocycles. The molecule has 154 valence electrons. The van der Waals surface area contributed by atoms with Gasteiger partial charge in [-0.25, -0.2) is 4.79 Å². The fourth-order valence-corrected chi connectivity index (χ4v) is 2.93. The number of carbonyl (C=O) groups excluding carboxylic acids is 2. The lowest BCUT2D eigenvalue weighted by Gasteiger charge is -2.19. The van der Waals surface area contributed by atoms with Crippen LogP contribution in [0.15, 0.2) is 48.5 Å². The standard InChI is InChI=1S/C22H27N3O4/c1-3-23-21(28)17-10-9-15(2)19(14-17)25-22(29)24-18(11-12-20(26)27)13-16-7-5-4-6-8-16/h4-10,14,18H,3,11-13H2,1-2H3,(H,23,28)(H,26,27)(H2,24,25,29). The van der Waals surface area contributed by atoms with Crippen molar-refractivity contribution in [1.82, 2.24) is 10.6 Å². The van der Waals surface area contributed by atoms with E-state index >= 15 is 0 Å². The minimum absolute atomic E-state index is 0.0382. The van der Waals surface area contributed by atoms with Crippen LogP contribution in [-0.4, -0.2) is 35.6 Å². The van der Waals surface area contributed by atoms with Crippen molar-refractivity contribution in [2.45, 2.75) is 39.2 Å². The molecule has 0 spiro atoms. The molecule has 0 fully saturated rings. The number of nitrogens with one attached hydrogen (secondary N) is 3. The van der Waals surface area contributed by atoms with Gasteiger partial charge in [0.25, 0.3) is 5.91 Å². The highest BCUT2D eigenvalue weighted by Crippen LogP contribution is 2.17. The Labute approximate surface area is 170 Å². The van der Waals surface area contributed by atoms with Gasteiger partial charge in [-0.3, -0.25) is 9.59 Å². The van der Waals surface area contributed by atoms with Crippen LogP contribution in [0.25, 0.3) is 0 Å². The van der Waals surface area contributed by atoms with E-state index in [2.05, 4.69) is 16.0 Å². The molecule has 0 saturated heterocycles. The van der Waals surface area contributed by atoms with E-state index in [1.54, 1.807) is 18.2 Å². The molecule has 0 bridgehead atoms. The van der Waals surface area contributed by atoms with E-state index in [0.717, 1.165) is 11.1 Å². The van der Waals surface area contributed by atoms with E-state index in [-0.39, 0.29) is 18.4 Å². The Hall–Kier alpha value is -3.35. The van der Waals surface area contributed by atoms with Crippen molar-refractivity contribution in [2.24, 2.45) is 0 Å². The highest BCUT2D eigenvalue weighted by molar-refractivity contribution is 5.97. The quantitative estimate of drug-likeness (QED) is 0.520. The number of hydrogen-bond donors (Lipinski definition) is 4. The largest absolute Gasteiger partial charge is 0.481 e. The van der Waals surface area contributed by atoms with Gasteiger partial charge in [-0.1, -0.05) is 36.4 Å². The Kier molecular flexibility index (Phi) is 8.21. The van der Waals surface area contributed by atoms with E-state index in [0.29, 0.717) is 30.6 Å². The Balaban J connectivity index is 2.07. The number of aryl methyl sites for hydroxylation is 1. The Morgan fingerprint density at radius 1 is 1.07 bits per heavy atom. The molecule has 29 heavy (non-hydrogen) atoms. The zero-order valence-corrected chi connectivity index (χ0v) is 16.7. The molecule has 0 aliphatic heterocycles. The predicted octanol–water partition coefficient (Wildman–Crippen LogP) is 3.34. The summed E-state index contributed by atoms with van der Waals surface area (Å²) >= 11 is 0. The summed E-state index contributed by atoms with van der Waals surface area (Å²) in [5, 5.41) is 17.4. The van der Waals surface area contributed by atoms with Crippen LogP contribution in [0.3, 0.4) is 0 Å². The highest BCUT2D eigenvalue weighted by atomic mass is 16.4. The van der Waals surface area contributed by atoms with Crippen LogP contribution in [0, 0.1) is 6.92 Å².